The molecule has 3 amide bonds. The summed E-state index contributed by atoms with van der Waals surface area (Å²) in [7, 11) is 0. The fourth-order valence-corrected chi connectivity index (χ4v) is 4.15. The first kappa shape index (κ1) is 19.5. The Labute approximate surface area is 160 Å². The molecular weight excluding hydrogens is 346 g/mol. The predicted molar refractivity (Wildman–Crippen MR) is 103 cm³/mol. The Balaban J connectivity index is 1.81. The Morgan fingerprint density at radius 1 is 1.26 bits per heavy atom. The molecule has 0 aromatic heterocycles. The molecule has 0 bridgehead atoms. The normalized spacial score (nSPS) is 19.4. The largest absolute Gasteiger partial charge is 0.508 e. The van der Waals surface area contributed by atoms with Crippen LogP contribution < -0.4 is 4.90 Å². The number of benzene rings is 1. The Morgan fingerprint density at radius 2 is 1.96 bits per heavy atom. The first-order valence-corrected chi connectivity index (χ1v) is 9.64. The number of urea groups is 1. The van der Waals surface area contributed by atoms with Crippen LogP contribution in [-0.2, 0) is 4.74 Å². The van der Waals surface area contributed by atoms with Gasteiger partial charge in [-0.15, -0.1) is 0 Å². The van der Waals surface area contributed by atoms with Crippen LogP contribution in [0.25, 0.3) is 0 Å². The van der Waals surface area contributed by atoms with Crippen LogP contribution in [0.5, 0.6) is 5.75 Å². The van der Waals surface area contributed by atoms with Gasteiger partial charge in [0.25, 0.3) is 0 Å². The van der Waals surface area contributed by atoms with E-state index in [0.29, 0.717) is 24.3 Å². The minimum atomic E-state index is -0.601. The van der Waals surface area contributed by atoms with Gasteiger partial charge >= 0.3 is 12.1 Å². The van der Waals surface area contributed by atoms with Crippen molar-refractivity contribution in [1.82, 2.24) is 9.80 Å². The minimum absolute atomic E-state index is 0.0313. The third-order valence-corrected chi connectivity index (χ3v) is 5.45. The van der Waals surface area contributed by atoms with Gasteiger partial charge in [-0.1, -0.05) is 6.07 Å². The SMILES string of the molecule is CC(C)N(CCC1CN(C(=O)N2CCOC2=O)c2cccc(O)c21)C(C)C. The summed E-state index contributed by atoms with van der Waals surface area (Å²) in [5.74, 6) is 0.237. The van der Waals surface area contributed by atoms with Gasteiger partial charge < -0.3 is 9.84 Å². The maximum Gasteiger partial charge on any atom is 0.418 e. The lowest BCUT2D eigenvalue weighted by Crippen LogP contribution is -2.43. The van der Waals surface area contributed by atoms with E-state index in [1.807, 2.05) is 6.07 Å². The second kappa shape index (κ2) is 7.76. The van der Waals surface area contributed by atoms with Gasteiger partial charge in [-0.05, 0) is 52.8 Å². The highest BCUT2D eigenvalue weighted by Crippen LogP contribution is 2.44. The van der Waals surface area contributed by atoms with Crippen molar-refractivity contribution in [1.29, 1.82) is 0 Å². The van der Waals surface area contributed by atoms with Gasteiger partial charge in [0.15, 0.2) is 0 Å². The van der Waals surface area contributed by atoms with Crippen LogP contribution >= 0.6 is 0 Å². The van der Waals surface area contributed by atoms with Gasteiger partial charge in [0, 0.05) is 30.1 Å². The first-order chi connectivity index (χ1) is 12.8. The number of aromatic hydroxyl groups is 1. The molecule has 1 saturated heterocycles. The highest BCUT2D eigenvalue weighted by Gasteiger charge is 2.40. The number of rotatable bonds is 5. The van der Waals surface area contributed by atoms with Crippen molar-refractivity contribution >= 4 is 17.8 Å². The van der Waals surface area contributed by atoms with Crippen molar-refractivity contribution < 1.29 is 19.4 Å². The van der Waals surface area contributed by atoms with Crippen molar-refractivity contribution in [2.75, 3.05) is 31.1 Å². The molecule has 0 saturated carbocycles. The zero-order valence-corrected chi connectivity index (χ0v) is 16.5. The Morgan fingerprint density at radius 3 is 2.56 bits per heavy atom. The molecule has 0 radical (unpaired) electrons. The molecule has 1 atom stereocenters. The number of fused-ring (bicyclic) bond motifs is 1. The number of phenolic OH excluding ortho intramolecular Hbond substituents is 1. The lowest BCUT2D eigenvalue weighted by Gasteiger charge is -2.31. The lowest BCUT2D eigenvalue weighted by atomic mass is 9.96. The van der Waals surface area contributed by atoms with Crippen LogP contribution in [0, 0.1) is 0 Å². The van der Waals surface area contributed by atoms with Crippen LogP contribution in [0.15, 0.2) is 18.2 Å². The molecule has 3 rings (SSSR count). The zero-order valence-electron chi connectivity index (χ0n) is 16.5. The Hall–Kier alpha value is -2.28. The summed E-state index contributed by atoms with van der Waals surface area (Å²) in [4.78, 5) is 29.8. The van der Waals surface area contributed by atoms with Gasteiger partial charge in [0.05, 0.1) is 12.2 Å². The topological polar surface area (TPSA) is 73.3 Å². The molecule has 1 fully saturated rings. The third kappa shape index (κ3) is 3.74. The van der Waals surface area contributed by atoms with E-state index in [4.69, 9.17) is 4.74 Å². The molecule has 0 spiro atoms. The van der Waals surface area contributed by atoms with E-state index in [0.717, 1.165) is 23.4 Å². The molecule has 148 valence electrons. The predicted octanol–water partition coefficient (Wildman–Crippen LogP) is 3.38. The highest BCUT2D eigenvalue weighted by molar-refractivity contribution is 6.03. The van der Waals surface area contributed by atoms with Crippen LogP contribution in [0.1, 0.15) is 45.6 Å². The maximum atomic E-state index is 12.9. The van der Waals surface area contributed by atoms with Crippen molar-refractivity contribution in [3.63, 3.8) is 0 Å². The maximum absolute atomic E-state index is 12.9. The van der Waals surface area contributed by atoms with Gasteiger partial charge in [-0.2, -0.15) is 0 Å². The van der Waals surface area contributed by atoms with E-state index in [9.17, 15) is 14.7 Å². The van der Waals surface area contributed by atoms with E-state index < -0.39 is 6.09 Å². The van der Waals surface area contributed by atoms with Gasteiger partial charge in [0.2, 0.25) is 0 Å². The number of amides is 3. The molecule has 2 aliphatic rings. The zero-order chi connectivity index (χ0) is 19.7. The summed E-state index contributed by atoms with van der Waals surface area (Å²) in [5.41, 5.74) is 1.48. The number of nitrogens with zero attached hydrogens (tertiary/aromatic N) is 3. The molecule has 2 aliphatic heterocycles. The smallest absolute Gasteiger partial charge is 0.418 e. The first-order valence-electron chi connectivity index (χ1n) is 9.64. The molecule has 7 nitrogen and oxygen atoms in total. The number of imide groups is 1. The van der Waals surface area contributed by atoms with Crippen LogP contribution in [-0.4, -0.2) is 65.4 Å². The highest BCUT2D eigenvalue weighted by atomic mass is 16.6. The quantitative estimate of drug-likeness (QED) is 0.854. The van der Waals surface area contributed by atoms with Gasteiger partial charge in [-0.3, -0.25) is 9.80 Å². The number of carbonyl (C=O) groups excluding carboxylic acids is 2. The monoisotopic (exact) mass is 375 g/mol. The average Bonchev–Trinajstić information content (AvgIpc) is 3.18. The summed E-state index contributed by atoms with van der Waals surface area (Å²) in [6.07, 6.45) is 0.228. The van der Waals surface area contributed by atoms with E-state index in [2.05, 4.69) is 32.6 Å². The second-order valence-corrected chi connectivity index (χ2v) is 7.78. The van der Waals surface area contributed by atoms with Crippen LogP contribution in [0.4, 0.5) is 15.3 Å². The lowest BCUT2D eigenvalue weighted by molar-refractivity contribution is 0.159. The Kier molecular flexibility index (Phi) is 5.60. The molecular formula is C20H29N3O4. The fraction of sp³-hybridized carbons (Fsp3) is 0.600. The number of hydrogen-bond donors (Lipinski definition) is 1. The van der Waals surface area contributed by atoms with Gasteiger partial charge in [-0.25, -0.2) is 14.5 Å². The van der Waals surface area contributed by atoms with Crippen molar-refractivity contribution in [3.8, 4) is 5.75 Å². The summed E-state index contributed by atoms with van der Waals surface area (Å²) < 4.78 is 4.90. The van der Waals surface area contributed by atoms with E-state index >= 15 is 0 Å². The summed E-state index contributed by atoms with van der Waals surface area (Å²) in [6.45, 7) is 10.5. The number of phenols is 1. The summed E-state index contributed by atoms with van der Waals surface area (Å²) in [6, 6.07) is 5.69. The molecule has 1 N–H and O–H groups in total. The van der Waals surface area contributed by atoms with Crippen molar-refractivity contribution in [2.45, 2.75) is 52.1 Å². The molecule has 0 aliphatic carbocycles. The van der Waals surface area contributed by atoms with E-state index in [-0.39, 0.29) is 30.9 Å². The molecule has 7 heteroatoms. The number of ether oxygens (including phenoxy) is 1. The summed E-state index contributed by atoms with van der Waals surface area (Å²) >= 11 is 0. The average molecular weight is 375 g/mol. The van der Waals surface area contributed by atoms with Crippen molar-refractivity contribution in [2.24, 2.45) is 0 Å². The Bertz CT molecular complexity index is 711. The van der Waals surface area contributed by atoms with Crippen molar-refractivity contribution in [3.05, 3.63) is 23.8 Å². The fourth-order valence-electron chi connectivity index (χ4n) is 4.15. The van der Waals surface area contributed by atoms with Crippen LogP contribution in [0.2, 0.25) is 0 Å². The van der Waals surface area contributed by atoms with Crippen LogP contribution in [0.3, 0.4) is 0 Å². The number of hydrogen-bond acceptors (Lipinski definition) is 5. The number of anilines is 1. The third-order valence-electron chi connectivity index (χ3n) is 5.45. The number of cyclic esters (lactones) is 1. The summed E-state index contributed by atoms with van der Waals surface area (Å²) in [5, 5.41) is 10.4. The minimum Gasteiger partial charge on any atom is -0.508 e. The second-order valence-electron chi connectivity index (χ2n) is 7.78. The van der Waals surface area contributed by atoms with E-state index in [1.165, 1.54) is 0 Å². The standard InChI is InChI=1S/C20H29N3O4/c1-13(2)21(14(3)4)9-8-15-12-23(16-6-5-7-17(24)18(15)16)19(25)22-10-11-27-20(22)26/h5-7,13-15,24H,8-12H2,1-4H3. The molecule has 1 aromatic carbocycles. The molecule has 27 heavy (non-hydrogen) atoms. The molecule has 1 aromatic rings. The van der Waals surface area contributed by atoms with E-state index in [1.54, 1.807) is 17.0 Å². The number of carbonyl (C=O) groups is 2. The molecule has 2 heterocycles. The van der Waals surface area contributed by atoms with Gasteiger partial charge in [0.1, 0.15) is 12.4 Å². The molecule has 1 unspecified atom stereocenters.